The van der Waals surface area contributed by atoms with E-state index in [0.717, 1.165) is 32.1 Å². The molecular weight excluding hydrogens is 592 g/mol. The van der Waals surface area contributed by atoms with Crippen molar-refractivity contribution < 1.29 is 19.1 Å². The van der Waals surface area contributed by atoms with Gasteiger partial charge < -0.3 is 9.47 Å². The maximum Gasteiger partial charge on any atom is 0.338 e. The van der Waals surface area contributed by atoms with Gasteiger partial charge in [-0.1, -0.05) is 87.4 Å². The Morgan fingerprint density at radius 2 is 1.52 bits per heavy atom. The summed E-state index contributed by atoms with van der Waals surface area (Å²) >= 11 is 0. The molecule has 4 heteroatoms. The van der Waals surface area contributed by atoms with Crippen molar-refractivity contribution in [2.45, 2.75) is 112 Å². The van der Waals surface area contributed by atoms with Gasteiger partial charge in [0.1, 0.15) is 6.10 Å². The fourth-order valence-electron chi connectivity index (χ4n) is 12.1. The van der Waals surface area contributed by atoms with Gasteiger partial charge in [0.15, 0.2) is 0 Å². The monoisotopic (exact) mass is 648 g/mol. The molecule has 5 aliphatic carbocycles. The molecular formula is C44H56O4. The molecule has 4 saturated carbocycles. The van der Waals surface area contributed by atoms with Crippen LogP contribution in [0.15, 0.2) is 84.0 Å². The highest BCUT2D eigenvalue weighted by atomic mass is 16.5. The van der Waals surface area contributed by atoms with Gasteiger partial charge in [-0.05, 0) is 142 Å². The number of carbonyl (C=O) groups excluding carboxylic acids is 2. The maximum absolute atomic E-state index is 13.2. The quantitative estimate of drug-likeness (QED) is 0.201. The van der Waals surface area contributed by atoms with Gasteiger partial charge in [0.25, 0.3) is 0 Å². The summed E-state index contributed by atoms with van der Waals surface area (Å²) in [4.78, 5) is 26.2. The zero-order chi connectivity index (χ0) is 34.0. The molecule has 4 nitrogen and oxygen atoms in total. The van der Waals surface area contributed by atoms with E-state index in [1.54, 1.807) is 5.57 Å². The fourth-order valence-corrected chi connectivity index (χ4v) is 12.1. The van der Waals surface area contributed by atoms with Gasteiger partial charge in [-0.3, -0.25) is 0 Å². The minimum Gasteiger partial charge on any atom is -0.462 e. The Kier molecular flexibility index (Phi) is 8.36. The predicted molar refractivity (Wildman–Crippen MR) is 191 cm³/mol. The summed E-state index contributed by atoms with van der Waals surface area (Å²) in [5.41, 5.74) is 5.27. The summed E-state index contributed by atoms with van der Waals surface area (Å²) in [5.74, 6) is 0.994. The van der Waals surface area contributed by atoms with Crippen LogP contribution in [0.3, 0.4) is 0 Å². The molecule has 0 saturated heterocycles. The molecule has 7 rings (SSSR count). The normalized spacial score (nSPS) is 36.2. The summed E-state index contributed by atoms with van der Waals surface area (Å²) in [6.45, 7) is 14.8. The van der Waals surface area contributed by atoms with Crippen LogP contribution in [0.2, 0.25) is 0 Å². The second-order valence-corrected chi connectivity index (χ2v) is 17.4. The van der Waals surface area contributed by atoms with Crippen LogP contribution >= 0.6 is 0 Å². The highest BCUT2D eigenvalue weighted by Gasteiger charge is 2.80. The summed E-state index contributed by atoms with van der Waals surface area (Å²) in [5, 5.41) is 0. The molecule has 1 unspecified atom stereocenters. The Bertz CT molecular complexity index is 1600. The predicted octanol–water partition coefficient (Wildman–Crippen LogP) is 10.8. The van der Waals surface area contributed by atoms with Crippen LogP contribution in [0.1, 0.15) is 126 Å². The molecule has 0 amide bonds. The number of benzene rings is 2. The number of allylic oxidation sites excluding steroid dienone is 4. The largest absolute Gasteiger partial charge is 0.462 e. The number of hydrogen-bond donors (Lipinski definition) is 0. The molecule has 2 aromatic carbocycles. The van der Waals surface area contributed by atoms with Crippen LogP contribution < -0.4 is 0 Å². The van der Waals surface area contributed by atoms with E-state index in [-0.39, 0.29) is 34.3 Å². The van der Waals surface area contributed by atoms with Gasteiger partial charge in [0.05, 0.1) is 17.7 Å². The molecule has 0 aliphatic heterocycles. The van der Waals surface area contributed by atoms with Crippen LogP contribution in [0, 0.1) is 44.8 Å². The highest BCUT2D eigenvalue weighted by Crippen LogP contribution is 2.88. The van der Waals surface area contributed by atoms with E-state index in [1.807, 2.05) is 60.7 Å². The lowest BCUT2D eigenvalue weighted by Gasteiger charge is -2.60. The number of esters is 2. The standard InChI is InChI=1S/C44H56O4/c1-30(2)14-13-19-33(28-47-38(45)31-15-9-7-10-16-31)34-22-24-42(6)36-21-20-35-40(3,4)37(48-39(46)32-17-11-8-12-18-32)23-25-43(35)29-44(36,43)27-26-41(34,42)5/h7-12,14-18,21,33-35,37H,13,19-20,22-29H2,1-6H3/t33-,34+,35-,37?,41+,42-,43+,44-/m0/s1. The topological polar surface area (TPSA) is 52.6 Å². The van der Waals surface area contributed by atoms with Gasteiger partial charge in [-0.15, -0.1) is 0 Å². The molecule has 2 aromatic rings. The van der Waals surface area contributed by atoms with E-state index in [2.05, 4.69) is 53.7 Å². The van der Waals surface area contributed by atoms with Crippen molar-refractivity contribution >= 4 is 11.9 Å². The van der Waals surface area contributed by atoms with Crippen molar-refractivity contribution in [3.63, 3.8) is 0 Å². The molecule has 0 radical (unpaired) electrons. The Hall–Kier alpha value is -3.14. The molecule has 256 valence electrons. The molecule has 0 N–H and O–H groups in total. The molecule has 48 heavy (non-hydrogen) atoms. The van der Waals surface area contributed by atoms with Gasteiger partial charge >= 0.3 is 11.9 Å². The van der Waals surface area contributed by atoms with E-state index >= 15 is 0 Å². The second-order valence-electron chi connectivity index (χ2n) is 17.4. The molecule has 0 aromatic heterocycles. The lowest BCUT2D eigenvalue weighted by molar-refractivity contribution is -0.0990. The maximum atomic E-state index is 13.2. The summed E-state index contributed by atoms with van der Waals surface area (Å²) in [7, 11) is 0. The minimum absolute atomic E-state index is 0.0612. The van der Waals surface area contributed by atoms with Gasteiger partial charge in [-0.25, -0.2) is 9.59 Å². The Morgan fingerprint density at radius 1 is 0.854 bits per heavy atom. The molecule has 8 atom stereocenters. The number of hydrogen-bond acceptors (Lipinski definition) is 4. The first-order valence-electron chi connectivity index (χ1n) is 18.7. The van der Waals surface area contributed by atoms with Crippen molar-refractivity contribution in [3.05, 3.63) is 95.1 Å². The molecule has 0 heterocycles. The van der Waals surface area contributed by atoms with Crippen molar-refractivity contribution in [3.8, 4) is 0 Å². The third kappa shape index (κ3) is 5.06. The third-order valence-corrected chi connectivity index (χ3v) is 14.8. The summed E-state index contributed by atoms with van der Waals surface area (Å²) < 4.78 is 12.4. The third-order valence-electron chi connectivity index (χ3n) is 14.8. The first-order chi connectivity index (χ1) is 22.9. The van der Waals surface area contributed by atoms with E-state index in [0.29, 0.717) is 46.3 Å². The number of fused-ring (bicyclic) bond motifs is 2. The zero-order valence-electron chi connectivity index (χ0n) is 30.1. The van der Waals surface area contributed by atoms with Crippen molar-refractivity contribution in [1.82, 2.24) is 0 Å². The van der Waals surface area contributed by atoms with Gasteiger partial charge in [0.2, 0.25) is 0 Å². The van der Waals surface area contributed by atoms with Crippen LogP contribution in [-0.4, -0.2) is 24.6 Å². The zero-order valence-corrected chi connectivity index (χ0v) is 30.1. The second kappa shape index (κ2) is 12.0. The number of carbonyl (C=O) groups is 2. The Balaban J connectivity index is 1.12. The highest BCUT2D eigenvalue weighted by molar-refractivity contribution is 5.89. The van der Waals surface area contributed by atoms with Crippen LogP contribution in [0.25, 0.3) is 0 Å². The molecule has 2 spiro atoms. The first-order valence-corrected chi connectivity index (χ1v) is 18.7. The van der Waals surface area contributed by atoms with Crippen molar-refractivity contribution in [1.29, 1.82) is 0 Å². The van der Waals surface area contributed by atoms with Crippen LogP contribution in [0.5, 0.6) is 0 Å². The van der Waals surface area contributed by atoms with Crippen molar-refractivity contribution in [2.75, 3.05) is 6.61 Å². The average molecular weight is 649 g/mol. The number of ether oxygens (including phenoxy) is 2. The lowest BCUT2D eigenvalue weighted by atomic mass is 9.45. The Labute approximate surface area is 288 Å². The first kappa shape index (κ1) is 33.4. The molecule has 0 bridgehead atoms. The molecule has 4 fully saturated rings. The van der Waals surface area contributed by atoms with Gasteiger partial charge in [0, 0.05) is 5.41 Å². The SMILES string of the molecule is CC(C)=CCC[C@@H](COC(=O)c1ccccc1)[C@H]1CC[C@@]2(C)C3=CC[C@H]4C(C)(C)C(OC(=O)c5ccccc5)CC[C@@]45C[C@@]35CC[C@]12C. The Morgan fingerprint density at radius 3 is 2.19 bits per heavy atom. The minimum atomic E-state index is -0.204. The van der Waals surface area contributed by atoms with E-state index < -0.39 is 0 Å². The van der Waals surface area contributed by atoms with Crippen LogP contribution in [-0.2, 0) is 9.47 Å². The van der Waals surface area contributed by atoms with E-state index in [4.69, 9.17) is 9.47 Å². The average Bonchev–Trinajstić information content (AvgIpc) is 3.66. The van der Waals surface area contributed by atoms with Gasteiger partial charge in [-0.2, -0.15) is 0 Å². The fraction of sp³-hybridized carbons (Fsp3) is 0.591. The van der Waals surface area contributed by atoms with Crippen molar-refractivity contribution in [2.24, 2.45) is 44.8 Å². The van der Waals surface area contributed by atoms with E-state index in [9.17, 15) is 9.59 Å². The van der Waals surface area contributed by atoms with E-state index in [1.165, 1.54) is 37.7 Å². The summed E-state index contributed by atoms with van der Waals surface area (Å²) in [6.07, 6.45) is 16.5. The lowest BCUT2D eigenvalue weighted by Crippen LogP contribution is -2.54. The molecule has 5 aliphatic rings. The van der Waals surface area contributed by atoms with Crippen LogP contribution in [0.4, 0.5) is 0 Å². The number of rotatable bonds is 9. The smallest absolute Gasteiger partial charge is 0.338 e. The summed E-state index contributed by atoms with van der Waals surface area (Å²) in [6, 6.07) is 18.9.